The van der Waals surface area contributed by atoms with Crippen LogP contribution in [-0.2, 0) is 11.2 Å². The standard InChI is InChI=1S/C13H15F3N2O2S.ClH/c14-13(15,16)20-10-3-1-9(2-4-10)5-6-17-12(19)11-7-21-8-18-11;/h1-4,11,18H,5-8H2,(H,17,19);1H. The first kappa shape index (κ1) is 18.9. The number of halogens is 4. The molecule has 1 atom stereocenters. The second-order valence-corrected chi connectivity index (χ2v) is 5.53. The summed E-state index contributed by atoms with van der Waals surface area (Å²) in [7, 11) is 0. The van der Waals surface area contributed by atoms with Crippen LogP contribution >= 0.6 is 24.2 Å². The van der Waals surface area contributed by atoms with Crippen molar-refractivity contribution in [2.75, 3.05) is 18.2 Å². The van der Waals surface area contributed by atoms with E-state index in [0.29, 0.717) is 13.0 Å². The fourth-order valence-electron chi connectivity index (χ4n) is 1.87. The first-order chi connectivity index (χ1) is 9.94. The molecule has 1 amide bonds. The number of thioether (sulfide) groups is 1. The molecule has 0 aliphatic carbocycles. The van der Waals surface area contributed by atoms with Crippen LogP contribution in [0.15, 0.2) is 24.3 Å². The lowest BCUT2D eigenvalue weighted by Crippen LogP contribution is -2.42. The Kier molecular flexibility index (Phi) is 7.31. The predicted octanol–water partition coefficient (Wildman–Crippen LogP) is 2.33. The van der Waals surface area contributed by atoms with Crippen LogP contribution in [0.2, 0.25) is 0 Å². The number of carbonyl (C=O) groups excluding carboxylic acids is 1. The molecule has 1 fully saturated rings. The van der Waals surface area contributed by atoms with E-state index in [0.717, 1.165) is 17.2 Å². The summed E-state index contributed by atoms with van der Waals surface area (Å²) in [6, 6.07) is 5.48. The topological polar surface area (TPSA) is 50.4 Å². The minimum absolute atomic E-state index is 0. The lowest BCUT2D eigenvalue weighted by molar-refractivity contribution is -0.274. The molecule has 124 valence electrons. The van der Waals surface area contributed by atoms with E-state index in [9.17, 15) is 18.0 Å². The van der Waals surface area contributed by atoms with Gasteiger partial charge in [0, 0.05) is 18.2 Å². The molecule has 1 unspecified atom stereocenters. The molecule has 1 saturated heterocycles. The Labute approximate surface area is 136 Å². The molecule has 22 heavy (non-hydrogen) atoms. The maximum atomic E-state index is 12.0. The van der Waals surface area contributed by atoms with Gasteiger partial charge < -0.3 is 10.1 Å². The monoisotopic (exact) mass is 356 g/mol. The smallest absolute Gasteiger partial charge is 0.406 e. The highest BCUT2D eigenvalue weighted by Gasteiger charge is 2.30. The quantitative estimate of drug-likeness (QED) is 0.850. The van der Waals surface area contributed by atoms with Gasteiger partial charge in [0.25, 0.3) is 0 Å². The van der Waals surface area contributed by atoms with Gasteiger partial charge in [-0.05, 0) is 24.1 Å². The Morgan fingerprint density at radius 3 is 2.59 bits per heavy atom. The van der Waals surface area contributed by atoms with E-state index < -0.39 is 6.36 Å². The Morgan fingerprint density at radius 1 is 1.36 bits per heavy atom. The molecular weight excluding hydrogens is 341 g/mol. The number of benzene rings is 1. The molecule has 1 aliphatic heterocycles. The van der Waals surface area contributed by atoms with Gasteiger partial charge in [0.1, 0.15) is 5.75 Å². The lowest BCUT2D eigenvalue weighted by atomic mass is 10.1. The molecule has 9 heteroatoms. The Hall–Kier alpha value is -1.12. The van der Waals surface area contributed by atoms with Crippen molar-refractivity contribution in [3.63, 3.8) is 0 Å². The zero-order chi connectivity index (χ0) is 15.3. The number of amides is 1. The second-order valence-electron chi connectivity index (χ2n) is 4.50. The summed E-state index contributed by atoms with van der Waals surface area (Å²) >= 11 is 1.67. The van der Waals surface area contributed by atoms with Gasteiger partial charge in [0.2, 0.25) is 5.91 Å². The number of hydrogen-bond donors (Lipinski definition) is 2. The second kappa shape index (κ2) is 8.50. The van der Waals surface area contributed by atoms with E-state index in [-0.39, 0.29) is 30.1 Å². The van der Waals surface area contributed by atoms with Gasteiger partial charge in [-0.15, -0.1) is 37.3 Å². The number of alkyl halides is 3. The molecule has 1 aliphatic rings. The third-order valence-electron chi connectivity index (χ3n) is 2.90. The molecule has 0 spiro atoms. The predicted molar refractivity (Wildman–Crippen MR) is 81.3 cm³/mol. The first-order valence-electron chi connectivity index (χ1n) is 6.37. The summed E-state index contributed by atoms with van der Waals surface area (Å²) in [5.41, 5.74) is 0.832. The number of hydrogen-bond acceptors (Lipinski definition) is 4. The summed E-state index contributed by atoms with van der Waals surface area (Å²) < 4.78 is 39.8. The fraction of sp³-hybridized carbons (Fsp3) is 0.462. The molecule has 2 N–H and O–H groups in total. The highest BCUT2D eigenvalue weighted by atomic mass is 35.5. The van der Waals surface area contributed by atoms with E-state index in [4.69, 9.17) is 0 Å². The third kappa shape index (κ3) is 6.33. The summed E-state index contributed by atoms with van der Waals surface area (Å²) in [4.78, 5) is 11.7. The molecule has 0 bridgehead atoms. The minimum atomic E-state index is -4.68. The summed E-state index contributed by atoms with van der Waals surface area (Å²) in [6.45, 7) is 0.446. The van der Waals surface area contributed by atoms with Gasteiger partial charge in [-0.25, -0.2) is 0 Å². The van der Waals surface area contributed by atoms with Crippen LogP contribution in [-0.4, -0.2) is 36.5 Å². The van der Waals surface area contributed by atoms with Gasteiger partial charge in [0.05, 0.1) is 6.04 Å². The van der Waals surface area contributed by atoms with Crippen molar-refractivity contribution in [1.29, 1.82) is 0 Å². The van der Waals surface area contributed by atoms with Crippen molar-refractivity contribution in [3.05, 3.63) is 29.8 Å². The van der Waals surface area contributed by atoms with Crippen LogP contribution in [0, 0.1) is 0 Å². The number of nitrogens with one attached hydrogen (secondary N) is 2. The van der Waals surface area contributed by atoms with E-state index in [2.05, 4.69) is 15.4 Å². The fourth-order valence-corrected chi connectivity index (χ4v) is 2.82. The average molecular weight is 357 g/mol. The molecular formula is C13H16ClF3N2O2S. The highest BCUT2D eigenvalue weighted by molar-refractivity contribution is 7.99. The van der Waals surface area contributed by atoms with E-state index in [1.54, 1.807) is 23.9 Å². The molecule has 0 aromatic heterocycles. The van der Waals surface area contributed by atoms with Crippen LogP contribution in [0.4, 0.5) is 13.2 Å². The van der Waals surface area contributed by atoms with Crippen molar-refractivity contribution in [2.24, 2.45) is 0 Å². The van der Waals surface area contributed by atoms with Gasteiger partial charge in [-0.2, -0.15) is 0 Å². The summed E-state index contributed by atoms with van der Waals surface area (Å²) in [6.07, 6.45) is -4.13. The van der Waals surface area contributed by atoms with Crippen LogP contribution < -0.4 is 15.4 Å². The Morgan fingerprint density at radius 2 is 2.05 bits per heavy atom. The number of ether oxygens (including phenoxy) is 1. The minimum Gasteiger partial charge on any atom is -0.406 e. The first-order valence-corrected chi connectivity index (χ1v) is 7.53. The molecule has 0 saturated carbocycles. The van der Waals surface area contributed by atoms with Crippen molar-refractivity contribution in [3.8, 4) is 5.75 Å². The molecule has 4 nitrogen and oxygen atoms in total. The van der Waals surface area contributed by atoms with Crippen molar-refractivity contribution < 1.29 is 22.7 Å². The molecule has 1 heterocycles. The molecule has 2 rings (SSSR count). The van der Waals surface area contributed by atoms with Crippen LogP contribution in [0.3, 0.4) is 0 Å². The van der Waals surface area contributed by atoms with Crippen LogP contribution in [0.5, 0.6) is 5.75 Å². The van der Waals surface area contributed by atoms with Gasteiger partial charge >= 0.3 is 6.36 Å². The summed E-state index contributed by atoms with van der Waals surface area (Å²) in [5.74, 6) is 1.24. The summed E-state index contributed by atoms with van der Waals surface area (Å²) in [5, 5.41) is 5.86. The molecule has 1 aromatic carbocycles. The average Bonchev–Trinajstić information content (AvgIpc) is 2.93. The van der Waals surface area contributed by atoms with Crippen molar-refractivity contribution in [2.45, 2.75) is 18.8 Å². The zero-order valence-electron chi connectivity index (χ0n) is 11.5. The number of rotatable bonds is 5. The number of carbonyl (C=O) groups is 1. The Bertz CT molecular complexity index is 479. The van der Waals surface area contributed by atoms with Crippen molar-refractivity contribution in [1.82, 2.24) is 10.6 Å². The maximum absolute atomic E-state index is 12.0. The molecule has 1 aromatic rings. The SMILES string of the molecule is Cl.O=C(NCCc1ccc(OC(F)(F)F)cc1)C1CSCN1. The van der Waals surface area contributed by atoms with Gasteiger partial charge in [-0.1, -0.05) is 12.1 Å². The van der Waals surface area contributed by atoms with Gasteiger partial charge in [0.15, 0.2) is 0 Å². The molecule has 0 radical (unpaired) electrons. The van der Waals surface area contributed by atoms with E-state index >= 15 is 0 Å². The Balaban J connectivity index is 0.00000242. The highest BCUT2D eigenvalue weighted by Crippen LogP contribution is 2.22. The van der Waals surface area contributed by atoms with Crippen LogP contribution in [0.25, 0.3) is 0 Å². The zero-order valence-corrected chi connectivity index (χ0v) is 13.1. The lowest BCUT2D eigenvalue weighted by Gasteiger charge is -2.11. The van der Waals surface area contributed by atoms with Crippen LogP contribution in [0.1, 0.15) is 5.56 Å². The largest absolute Gasteiger partial charge is 0.573 e. The normalized spacial score (nSPS) is 17.7. The third-order valence-corrected chi connectivity index (χ3v) is 3.84. The maximum Gasteiger partial charge on any atom is 0.573 e. The van der Waals surface area contributed by atoms with E-state index in [1.165, 1.54) is 12.1 Å². The van der Waals surface area contributed by atoms with Crippen molar-refractivity contribution >= 4 is 30.1 Å². The van der Waals surface area contributed by atoms with Gasteiger partial charge in [-0.3, -0.25) is 10.1 Å². The van der Waals surface area contributed by atoms with E-state index in [1.807, 2.05) is 0 Å².